The van der Waals surface area contributed by atoms with Crippen molar-refractivity contribution in [2.75, 3.05) is 49.5 Å². The maximum atomic E-state index is 12.1. The molecule has 0 bridgehead atoms. The van der Waals surface area contributed by atoms with Crippen LogP contribution < -0.4 is 15.5 Å². The molecular weight excluding hydrogens is 394 g/mol. The second-order valence-corrected chi connectivity index (χ2v) is 7.53. The molecule has 7 N–H and O–H groups in total. The highest BCUT2D eigenvalue weighted by molar-refractivity contribution is 5.92. The van der Waals surface area contributed by atoms with Crippen LogP contribution >= 0.6 is 0 Å². The number of aromatic amines is 1. The van der Waals surface area contributed by atoms with Gasteiger partial charge in [-0.1, -0.05) is 18.2 Å². The Balaban J connectivity index is 0.00000171. The van der Waals surface area contributed by atoms with Crippen LogP contribution in [0.3, 0.4) is 0 Å². The molecule has 4 rings (SSSR count). The number of aromatic nitrogens is 1. The molecule has 8 heteroatoms. The van der Waals surface area contributed by atoms with E-state index in [1.54, 1.807) is 0 Å². The zero-order valence-corrected chi connectivity index (χ0v) is 17.7. The van der Waals surface area contributed by atoms with Crippen molar-refractivity contribution in [1.82, 2.24) is 15.2 Å². The van der Waals surface area contributed by atoms with Gasteiger partial charge in [0.15, 0.2) is 0 Å². The van der Waals surface area contributed by atoms with Crippen LogP contribution in [0.25, 0.3) is 10.9 Å². The summed E-state index contributed by atoms with van der Waals surface area (Å²) in [5, 5.41) is 6.95. The Morgan fingerprint density at radius 3 is 2.48 bits per heavy atom. The summed E-state index contributed by atoms with van der Waals surface area (Å²) in [6.07, 6.45) is 3.99. The van der Waals surface area contributed by atoms with Crippen molar-refractivity contribution >= 4 is 28.3 Å². The molecule has 0 unspecified atom stereocenters. The number of amides is 2. The third kappa shape index (κ3) is 6.71. The Hall–Kier alpha value is -3.07. The Morgan fingerprint density at radius 2 is 1.71 bits per heavy atom. The van der Waals surface area contributed by atoms with E-state index >= 15 is 0 Å². The second-order valence-electron chi connectivity index (χ2n) is 7.53. The minimum Gasteiger partial charge on any atom is -0.412 e. The van der Waals surface area contributed by atoms with E-state index in [4.69, 9.17) is 0 Å². The summed E-state index contributed by atoms with van der Waals surface area (Å²) >= 11 is 0. The number of anilines is 2. The number of piperazine rings is 1. The number of hydrogen-bond donors (Lipinski definition) is 3. The molecule has 2 heterocycles. The number of nitrogens with zero attached hydrogens (tertiary/aromatic N) is 2. The first-order chi connectivity index (χ1) is 14.3. The quantitative estimate of drug-likeness (QED) is 0.500. The number of urea groups is 1. The third-order valence-corrected chi connectivity index (χ3v) is 5.49. The number of para-hydroxylation sites is 1. The van der Waals surface area contributed by atoms with E-state index in [2.05, 4.69) is 55.7 Å². The summed E-state index contributed by atoms with van der Waals surface area (Å²) in [5.41, 5.74) is 3.20. The molecule has 2 aromatic carbocycles. The zero-order valence-electron chi connectivity index (χ0n) is 17.7. The molecule has 31 heavy (non-hydrogen) atoms. The molecule has 1 saturated heterocycles. The van der Waals surface area contributed by atoms with Gasteiger partial charge >= 0.3 is 6.03 Å². The molecule has 8 nitrogen and oxygen atoms in total. The van der Waals surface area contributed by atoms with Gasteiger partial charge in [0.25, 0.3) is 0 Å². The number of nitrogens with one attached hydrogen (secondary N) is 3. The van der Waals surface area contributed by atoms with E-state index in [-0.39, 0.29) is 17.0 Å². The summed E-state index contributed by atoms with van der Waals surface area (Å²) in [7, 11) is 0. The molecule has 0 saturated carbocycles. The van der Waals surface area contributed by atoms with Crippen LogP contribution in [0.5, 0.6) is 0 Å². The molecule has 3 aromatic rings. The van der Waals surface area contributed by atoms with E-state index in [1.165, 1.54) is 5.69 Å². The lowest BCUT2D eigenvalue weighted by molar-refractivity contribution is 0.247. The van der Waals surface area contributed by atoms with Gasteiger partial charge in [-0.2, -0.15) is 0 Å². The number of rotatable bonds is 7. The van der Waals surface area contributed by atoms with Crippen LogP contribution in [0.4, 0.5) is 16.2 Å². The molecule has 0 aliphatic carbocycles. The van der Waals surface area contributed by atoms with Crippen LogP contribution in [0.2, 0.25) is 0 Å². The predicted octanol–water partition coefficient (Wildman–Crippen LogP) is 2.24. The number of H-pyrrole nitrogens is 1. The van der Waals surface area contributed by atoms with Crippen LogP contribution in [-0.4, -0.2) is 66.1 Å². The number of carbonyl (C=O) groups is 1. The Bertz CT molecular complexity index is 923. The average Bonchev–Trinajstić information content (AvgIpc) is 3.22. The van der Waals surface area contributed by atoms with E-state index in [9.17, 15) is 4.79 Å². The number of unbranched alkanes of at least 4 members (excludes halogenated alkanes) is 1. The van der Waals surface area contributed by atoms with Crippen molar-refractivity contribution in [3.05, 3.63) is 60.8 Å². The Morgan fingerprint density at radius 1 is 0.935 bits per heavy atom. The molecule has 0 atom stereocenters. The molecule has 1 fully saturated rings. The van der Waals surface area contributed by atoms with Crippen molar-refractivity contribution in [1.29, 1.82) is 0 Å². The first kappa shape index (κ1) is 24.2. The van der Waals surface area contributed by atoms with Crippen molar-refractivity contribution in [3.8, 4) is 0 Å². The van der Waals surface area contributed by atoms with Crippen LogP contribution in [-0.2, 0) is 0 Å². The van der Waals surface area contributed by atoms with E-state index in [1.807, 2.05) is 30.5 Å². The lowest BCUT2D eigenvalue weighted by Crippen LogP contribution is -2.46. The van der Waals surface area contributed by atoms with Gasteiger partial charge in [-0.3, -0.25) is 4.90 Å². The highest BCUT2D eigenvalue weighted by Gasteiger charge is 2.16. The average molecular weight is 428 g/mol. The first-order valence-electron chi connectivity index (χ1n) is 10.4. The summed E-state index contributed by atoms with van der Waals surface area (Å²) < 4.78 is 0. The number of hydrogen-bond acceptors (Lipinski definition) is 3. The monoisotopic (exact) mass is 427 g/mol. The summed E-state index contributed by atoms with van der Waals surface area (Å²) in [5.74, 6) is 0. The number of carbonyl (C=O) groups excluding carboxylic acids is 1. The zero-order chi connectivity index (χ0) is 19.9. The highest BCUT2D eigenvalue weighted by atomic mass is 16.2. The Kier molecular flexibility index (Phi) is 9.33. The van der Waals surface area contributed by atoms with Crippen molar-refractivity contribution in [2.45, 2.75) is 12.8 Å². The van der Waals surface area contributed by atoms with Gasteiger partial charge in [0.05, 0.1) is 0 Å². The summed E-state index contributed by atoms with van der Waals surface area (Å²) in [4.78, 5) is 20.2. The topological polar surface area (TPSA) is 126 Å². The molecule has 1 aliphatic rings. The largest absolute Gasteiger partial charge is 0.412 e. The lowest BCUT2D eigenvalue weighted by Gasteiger charge is -2.36. The summed E-state index contributed by atoms with van der Waals surface area (Å²) in [6, 6.07) is 18.3. The molecule has 0 radical (unpaired) electrons. The normalized spacial score (nSPS) is 13.9. The third-order valence-electron chi connectivity index (χ3n) is 5.49. The fraction of sp³-hybridized carbons (Fsp3) is 0.348. The Labute approximate surface area is 182 Å². The van der Waals surface area contributed by atoms with Crippen LogP contribution in [0, 0.1) is 0 Å². The fourth-order valence-electron chi connectivity index (χ4n) is 3.84. The van der Waals surface area contributed by atoms with Gasteiger partial charge in [0.2, 0.25) is 0 Å². The van der Waals surface area contributed by atoms with Crippen molar-refractivity contribution in [3.63, 3.8) is 0 Å². The van der Waals surface area contributed by atoms with Gasteiger partial charge in [-0.25, -0.2) is 4.79 Å². The fourth-order valence-corrected chi connectivity index (χ4v) is 3.84. The van der Waals surface area contributed by atoms with Gasteiger partial charge < -0.3 is 31.5 Å². The molecule has 168 valence electrons. The highest BCUT2D eigenvalue weighted by Crippen LogP contribution is 2.18. The molecule has 1 aromatic heterocycles. The predicted molar refractivity (Wildman–Crippen MR) is 127 cm³/mol. The summed E-state index contributed by atoms with van der Waals surface area (Å²) in [6.45, 7) is 6.15. The smallest absolute Gasteiger partial charge is 0.319 e. The standard InChI is InChI=1S/C23H29N5O.2H2O/c29-23(26-20-8-9-22-19(18-20)10-12-24-22)25-11-4-5-13-27-14-16-28(17-15-27)21-6-2-1-3-7-21;;/h1-3,6-10,12,18,24H,4-5,11,13-17H2,(H2,25,26,29);2*1H2. The SMILES string of the molecule is O.O.O=C(NCCCCN1CCN(c2ccccc2)CC1)Nc1ccc2[nH]ccc2c1. The minimum absolute atomic E-state index is 0. The van der Waals surface area contributed by atoms with Gasteiger partial charge in [0, 0.05) is 61.2 Å². The van der Waals surface area contributed by atoms with Crippen LogP contribution in [0.1, 0.15) is 12.8 Å². The maximum Gasteiger partial charge on any atom is 0.319 e. The number of fused-ring (bicyclic) bond motifs is 1. The lowest BCUT2D eigenvalue weighted by atomic mass is 10.2. The maximum absolute atomic E-state index is 12.1. The first-order valence-corrected chi connectivity index (χ1v) is 10.4. The van der Waals surface area contributed by atoms with Crippen molar-refractivity contribution < 1.29 is 15.7 Å². The van der Waals surface area contributed by atoms with E-state index in [0.717, 1.165) is 62.2 Å². The molecule has 2 amide bonds. The molecular formula is C23H33N5O3. The van der Waals surface area contributed by atoms with E-state index in [0.29, 0.717) is 6.54 Å². The molecule has 1 aliphatic heterocycles. The second kappa shape index (κ2) is 11.9. The van der Waals surface area contributed by atoms with E-state index < -0.39 is 0 Å². The van der Waals surface area contributed by atoms with Gasteiger partial charge in [-0.05, 0) is 55.8 Å². The number of benzene rings is 2. The minimum atomic E-state index is -0.142. The van der Waals surface area contributed by atoms with Crippen LogP contribution in [0.15, 0.2) is 60.8 Å². The van der Waals surface area contributed by atoms with Crippen molar-refractivity contribution in [2.24, 2.45) is 0 Å². The molecule has 0 spiro atoms. The van der Waals surface area contributed by atoms with Gasteiger partial charge in [0.1, 0.15) is 0 Å². The van der Waals surface area contributed by atoms with Gasteiger partial charge in [-0.15, -0.1) is 0 Å².